The zero-order valence-corrected chi connectivity index (χ0v) is 31.8. The van der Waals surface area contributed by atoms with Crippen LogP contribution in [-0.2, 0) is 11.3 Å². The summed E-state index contributed by atoms with van der Waals surface area (Å²) in [5.41, 5.74) is 5.34. The highest BCUT2D eigenvalue weighted by Crippen LogP contribution is 2.32. The first-order valence-corrected chi connectivity index (χ1v) is 19.6. The molecule has 3 fully saturated rings. The van der Waals surface area contributed by atoms with Gasteiger partial charge in [-0.1, -0.05) is 66.7 Å². The maximum atomic E-state index is 13.2. The number of aromatic hydroxyl groups is 1. The van der Waals surface area contributed by atoms with Crippen LogP contribution in [0.2, 0.25) is 0 Å². The van der Waals surface area contributed by atoms with E-state index < -0.39 is 18.2 Å². The van der Waals surface area contributed by atoms with Gasteiger partial charge in [-0.05, 0) is 117 Å². The molecule has 3 atom stereocenters. The Morgan fingerprint density at radius 1 is 0.893 bits per heavy atom. The monoisotopic (exact) mass is 757 g/mol. The summed E-state index contributed by atoms with van der Waals surface area (Å²) in [6.45, 7) is 6.74. The Bertz CT molecular complexity index is 2090. The Labute approximate surface area is 328 Å². The summed E-state index contributed by atoms with van der Waals surface area (Å²) in [5.74, 6) is 1.06. The van der Waals surface area contributed by atoms with E-state index in [0.29, 0.717) is 49.0 Å². The zero-order valence-electron chi connectivity index (χ0n) is 31.8. The highest BCUT2D eigenvalue weighted by atomic mass is 16.6. The van der Waals surface area contributed by atoms with E-state index in [0.717, 1.165) is 78.7 Å². The summed E-state index contributed by atoms with van der Waals surface area (Å²) < 4.78 is 12.1. The number of aryl methyl sites for hydroxylation is 1. The molecular weight excluding hydrogens is 707 g/mol. The molecule has 3 aliphatic heterocycles. The van der Waals surface area contributed by atoms with Crippen molar-refractivity contribution in [3.05, 3.63) is 137 Å². The molecular formula is C45H51N5O6. The molecule has 0 spiro atoms. The summed E-state index contributed by atoms with van der Waals surface area (Å²) in [6.07, 6.45) is 2.53. The quantitative estimate of drug-likeness (QED) is 0.0706. The van der Waals surface area contributed by atoms with E-state index in [1.165, 1.54) is 0 Å². The van der Waals surface area contributed by atoms with Gasteiger partial charge in [0.2, 0.25) is 0 Å². The molecule has 292 valence electrons. The molecule has 56 heavy (non-hydrogen) atoms. The van der Waals surface area contributed by atoms with Crippen LogP contribution in [0, 0.1) is 12.8 Å². The van der Waals surface area contributed by atoms with E-state index in [-0.39, 0.29) is 17.8 Å². The Hall–Kier alpha value is -5.49. The van der Waals surface area contributed by atoms with E-state index >= 15 is 0 Å². The molecule has 4 heterocycles. The second-order valence-electron chi connectivity index (χ2n) is 14.8. The predicted molar refractivity (Wildman–Crippen MR) is 216 cm³/mol. The topological polar surface area (TPSA) is 145 Å². The minimum absolute atomic E-state index is 0.0787. The molecule has 4 aromatic carbocycles. The van der Waals surface area contributed by atoms with Crippen LogP contribution < -0.4 is 20.7 Å². The van der Waals surface area contributed by atoms with Gasteiger partial charge >= 0.3 is 6.09 Å². The van der Waals surface area contributed by atoms with E-state index in [4.69, 9.17) is 9.47 Å². The highest BCUT2D eigenvalue weighted by Gasteiger charge is 2.37. The number of fused-ring (bicyclic) bond motifs is 4. The molecule has 5 N–H and O–H groups in total. The minimum Gasteiger partial charge on any atom is -0.506 e. The molecule has 3 saturated heterocycles. The summed E-state index contributed by atoms with van der Waals surface area (Å²) in [4.78, 5) is 32.8. The number of ether oxygens (including phenoxy) is 2. The fraction of sp³-hybridized carbons (Fsp3) is 0.356. The standard InChI is InChI=1S/C45H51N5O6/c1-30-12-17-38-37(18-19-39(51)43(38)48-30)40(52)27-46-22-5-6-23-47-44(53)34-15-13-31(14-16-34)29-55-36-11-7-10-35(26-36)42(33-8-3-2-4-9-33)49-45(54)56-41-28-50-24-20-32(41)21-25-50/h2-4,7-19,26,32,40-42,46,51-52H,5-6,20-25,27-29H2,1H3,(H,47,53)(H,49,54)/t40-,41-,42?/m0/s1. The lowest BCUT2D eigenvalue weighted by molar-refractivity contribution is -0.0336. The van der Waals surface area contributed by atoms with Gasteiger partial charge in [0.15, 0.2) is 0 Å². The fourth-order valence-corrected chi connectivity index (χ4v) is 7.68. The predicted octanol–water partition coefficient (Wildman–Crippen LogP) is 6.57. The number of piperidine rings is 3. The molecule has 1 unspecified atom stereocenters. The van der Waals surface area contributed by atoms with Gasteiger partial charge in [0.25, 0.3) is 5.91 Å². The van der Waals surface area contributed by atoms with Crippen molar-refractivity contribution in [1.82, 2.24) is 25.8 Å². The number of phenolic OH excluding ortho intramolecular Hbond substituents is 1. The Kier molecular flexibility index (Phi) is 12.8. The van der Waals surface area contributed by atoms with Crippen molar-refractivity contribution in [2.24, 2.45) is 5.92 Å². The Morgan fingerprint density at radius 3 is 2.43 bits per heavy atom. The molecule has 0 aliphatic carbocycles. The highest BCUT2D eigenvalue weighted by molar-refractivity contribution is 5.94. The SMILES string of the molecule is Cc1ccc2c([C@@H](O)CNCCCCNC(=O)c3ccc(COc4cccc(C(NC(=O)O[C@H]5CN6CCC5CC6)c5ccccc5)c4)cc3)ccc(O)c2n1. The normalized spacial score (nSPS) is 18.6. The van der Waals surface area contributed by atoms with Crippen molar-refractivity contribution in [1.29, 1.82) is 0 Å². The third-order valence-corrected chi connectivity index (χ3v) is 10.8. The van der Waals surface area contributed by atoms with Gasteiger partial charge in [0.05, 0.1) is 12.1 Å². The van der Waals surface area contributed by atoms with Crippen LogP contribution in [0.4, 0.5) is 4.79 Å². The number of phenols is 1. The van der Waals surface area contributed by atoms with Gasteiger partial charge in [0.1, 0.15) is 29.7 Å². The van der Waals surface area contributed by atoms with E-state index in [1.54, 1.807) is 24.3 Å². The van der Waals surface area contributed by atoms with E-state index in [9.17, 15) is 19.8 Å². The first kappa shape index (κ1) is 38.8. The van der Waals surface area contributed by atoms with Crippen molar-refractivity contribution < 1.29 is 29.3 Å². The number of hydrogen-bond acceptors (Lipinski definition) is 9. The number of aliphatic hydroxyl groups excluding tert-OH is 1. The van der Waals surface area contributed by atoms with Crippen molar-refractivity contribution in [2.45, 2.75) is 57.5 Å². The van der Waals surface area contributed by atoms with Crippen LogP contribution in [0.25, 0.3) is 10.9 Å². The van der Waals surface area contributed by atoms with Crippen LogP contribution >= 0.6 is 0 Å². The second kappa shape index (κ2) is 18.4. The van der Waals surface area contributed by atoms with E-state index in [1.807, 2.05) is 85.8 Å². The summed E-state index contributed by atoms with van der Waals surface area (Å²) in [6, 6.07) is 31.6. The zero-order chi connectivity index (χ0) is 38.9. The third-order valence-electron chi connectivity index (χ3n) is 10.8. The number of alkyl carbamates (subject to hydrolysis) is 1. The van der Waals surface area contributed by atoms with Crippen LogP contribution in [0.1, 0.15) is 76.1 Å². The minimum atomic E-state index is -0.744. The summed E-state index contributed by atoms with van der Waals surface area (Å²) in [7, 11) is 0. The number of nitrogens with one attached hydrogen (secondary N) is 3. The van der Waals surface area contributed by atoms with Crippen LogP contribution in [0.5, 0.6) is 11.5 Å². The van der Waals surface area contributed by atoms with Crippen LogP contribution in [-0.4, -0.2) is 77.5 Å². The van der Waals surface area contributed by atoms with Gasteiger partial charge in [0, 0.05) is 36.3 Å². The second-order valence-corrected chi connectivity index (χ2v) is 14.8. The number of aromatic nitrogens is 1. The number of hydrogen-bond donors (Lipinski definition) is 5. The first-order chi connectivity index (χ1) is 27.3. The van der Waals surface area contributed by atoms with Crippen LogP contribution in [0.3, 0.4) is 0 Å². The molecule has 0 radical (unpaired) electrons. The van der Waals surface area contributed by atoms with Gasteiger partial charge in [-0.3, -0.25) is 9.69 Å². The molecule has 0 saturated carbocycles. The largest absolute Gasteiger partial charge is 0.506 e. The number of nitrogens with zero attached hydrogens (tertiary/aromatic N) is 2. The summed E-state index contributed by atoms with van der Waals surface area (Å²) in [5, 5.41) is 31.1. The number of benzene rings is 4. The molecule has 3 aliphatic rings. The van der Waals surface area contributed by atoms with Crippen molar-refractivity contribution in [2.75, 3.05) is 39.3 Å². The van der Waals surface area contributed by atoms with Crippen molar-refractivity contribution >= 4 is 22.9 Å². The number of carbonyl (C=O) groups is 2. The van der Waals surface area contributed by atoms with Crippen molar-refractivity contribution in [3.8, 4) is 11.5 Å². The van der Waals surface area contributed by atoms with Crippen LogP contribution in [0.15, 0.2) is 103 Å². The Morgan fingerprint density at radius 2 is 1.66 bits per heavy atom. The lowest BCUT2D eigenvalue weighted by Gasteiger charge is -2.43. The van der Waals surface area contributed by atoms with E-state index in [2.05, 4.69) is 25.8 Å². The third kappa shape index (κ3) is 9.84. The molecule has 11 nitrogen and oxygen atoms in total. The smallest absolute Gasteiger partial charge is 0.408 e. The average molecular weight is 758 g/mol. The molecule has 8 rings (SSSR count). The van der Waals surface area contributed by atoms with Gasteiger partial charge in [-0.25, -0.2) is 9.78 Å². The van der Waals surface area contributed by atoms with Gasteiger partial charge < -0.3 is 35.6 Å². The van der Waals surface area contributed by atoms with Crippen molar-refractivity contribution in [3.63, 3.8) is 0 Å². The molecule has 11 heteroatoms. The Balaban J connectivity index is 0.843. The number of amides is 2. The molecule has 1 aromatic heterocycles. The van der Waals surface area contributed by atoms with Gasteiger partial charge in [-0.15, -0.1) is 0 Å². The molecule has 2 amide bonds. The maximum Gasteiger partial charge on any atom is 0.408 e. The number of carbonyl (C=O) groups excluding carboxylic acids is 2. The number of unbranched alkanes of at least 4 members (excludes halogenated alkanes) is 1. The number of aliphatic hydroxyl groups is 1. The fourth-order valence-electron chi connectivity index (χ4n) is 7.68. The number of rotatable bonds is 16. The maximum absolute atomic E-state index is 13.2. The number of pyridine rings is 1. The summed E-state index contributed by atoms with van der Waals surface area (Å²) >= 11 is 0. The lowest BCUT2D eigenvalue weighted by Crippen LogP contribution is -2.52. The average Bonchev–Trinajstić information content (AvgIpc) is 3.23. The first-order valence-electron chi connectivity index (χ1n) is 19.6. The lowest BCUT2D eigenvalue weighted by atomic mass is 9.86. The molecule has 5 aromatic rings. The molecule has 2 bridgehead atoms. The van der Waals surface area contributed by atoms with Gasteiger partial charge in [-0.2, -0.15) is 0 Å².